The Bertz CT molecular complexity index is 1110. The van der Waals surface area contributed by atoms with Gasteiger partial charge in [-0.05, 0) is 50.5 Å². The molecule has 7 heteroatoms. The van der Waals surface area contributed by atoms with Crippen molar-refractivity contribution < 1.29 is 19.0 Å². The summed E-state index contributed by atoms with van der Waals surface area (Å²) in [6.07, 6.45) is 4.05. The fourth-order valence-electron chi connectivity index (χ4n) is 4.76. The van der Waals surface area contributed by atoms with Gasteiger partial charge in [0.15, 0.2) is 0 Å². The van der Waals surface area contributed by atoms with E-state index in [4.69, 9.17) is 26.5 Å². The summed E-state index contributed by atoms with van der Waals surface area (Å²) in [6, 6.07) is 15.0. The Morgan fingerprint density at radius 2 is 1.82 bits per heavy atom. The minimum atomic E-state index is -0.932. The summed E-state index contributed by atoms with van der Waals surface area (Å²) in [7, 11) is 0. The van der Waals surface area contributed by atoms with E-state index in [9.17, 15) is 4.79 Å². The van der Waals surface area contributed by atoms with E-state index in [2.05, 4.69) is 0 Å². The third kappa shape index (κ3) is 5.45. The molecule has 0 radical (unpaired) electrons. The van der Waals surface area contributed by atoms with Gasteiger partial charge in [0.05, 0.1) is 23.0 Å². The summed E-state index contributed by atoms with van der Waals surface area (Å²) in [6.45, 7) is 2.91. The first-order valence-electron chi connectivity index (χ1n) is 11.3. The lowest BCUT2D eigenvalue weighted by Crippen LogP contribution is -2.23. The number of carboxylic acid groups (broad SMARTS) is 1. The number of hydrogen-bond donors (Lipinski definition) is 1. The Hall–Kier alpha value is -2.70. The van der Waals surface area contributed by atoms with Crippen LogP contribution in [0, 0.1) is 24.6 Å². The second-order valence-corrected chi connectivity index (χ2v) is 9.16. The molecule has 1 N–H and O–H groups in total. The van der Waals surface area contributed by atoms with E-state index in [0.717, 1.165) is 54.7 Å². The Morgan fingerprint density at radius 1 is 1.12 bits per heavy atom. The van der Waals surface area contributed by atoms with E-state index in [1.54, 1.807) is 18.2 Å². The molecule has 2 aromatic carbocycles. The second kappa shape index (κ2) is 10.5. The number of halogens is 2. The van der Waals surface area contributed by atoms with E-state index >= 15 is 4.39 Å². The summed E-state index contributed by atoms with van der Waals surface area (Å²) in [5.74, 6) is -0.525. The third-order valence-electron chi connectivity index (χ3n) is 6.37. The molecule has 1 saturated carbocycles. The van der Waals surface area contributed by atoms with Gasteiger partial charge in [0, 0.05) is 23.2 Å². The maximum absolute atomic E-state index is 15.0. The van der Waals surface area contributed by atoms with Gasteiger partial charge in [-0.2, -0.15) is 5.10 Å². The number of aliphatic carboxylic acids is 1. The van der Waals surface area contributed by atoms with Crippen molar-refractivity contribution in [3.63, 3.8) is 0 Å². The lowest BCUT2D eigenvalue weighted by Gasteiger charge is -2.28. The quantitative estimate of drug-likeness (QED) is 0.424. The first kappa shape index (κ1) is 23.5. The molecule has 33 heavy (non-hydrogen) atoms. The van der Waals surface area contributed by atoms with Crippen LogP contribution in [0.25, 0.3) is 22.4 Å². The Morgan fingerprint density at radius 3 is 2.52 bits per heavy atom. The minimum absolute atomic E-state index is 0.0992. The molecule has 3 aromatic rings. The zero-order valence-electron chi connectivity index (χ0n) is 18.6. The van der Waals surface area contributed by atoms with Gasteiger partial charge in [-0.25, -0.2) is 9.18 Å². The van der Waals surface area contributed by atoms with Gasteiger partial charge in [0.1, 0.15) is 12.4 Å². The zero-order chi connectivity index (χ0) is 23.4. The number of rotatable bonds is 8. The predicted molar refractivity (Wildman–Crippen MR) is 127 cm³/mol. The smallest absolute Gasteiger partial charge is 0.329 e. The average Bonchev–Trinajstić information content (AvgIpc) is 3.12. The van der Waals surface area contributed by atoms with Gasteiger partial charge in [-0.1, -0.05) is 54.1 Å². The van der Waals surface area contributed by atoms with Gasteiger partial charge in [-0.3, -0.25) is 4.68 Å². The third-order valence-corrected chi connectivity index (χ3v) is 6.66. The van der Waals surface area contributed by atoms with Gasteiger partial charge in [0.25, 0.3) is 0 Å². The molecule has 1 fully saturated rings. The van der Waals surface area contributed by atoms with Gasteiger partial charge < -0.3 is 9.84 Å². The highest BCUT2D eigenvalue weighted by Gasteiger charge is 2.26. The molecule has 5 nitrogen and oxygen atoms in total. The van der Waals surface area contributed by atoms with E-state index in [1.165, 1.54) is 0 Å². The largest absolute Gasteiger partial charge is 0.480 e. The number of carboxylic acids is 1. The highest BCUT2D eigenvalue weighted by Crippen LogP contribution is 2.39. The number of nitrogens with zero attached hydrogens (tertiary/aromatic N) is 2. The fraction of sp³-hybridized carbons (Fsp3) is 0.385. The normalized spacial score (nSPS) is 18.4. The molecule has 0 atom stereocenters. The maximum atomic E-state index is 15.0. The second-order valence-electron chi connectivity index (χ2n) is 8.75. The standard InChI is InChI=1S/C26H28ClFN2O3/c1-17-24(21-8-5-9-22(27)25(21)28)26(20-6-3-2-4-7-20)30(29-17)14-18-10-12-19(13-11-18)15-33-16-23(31)32/h2-9,18-19H,10-16H2,1H3,(H,31,32)/t18-,19+. The summed E-state index contributed by atoms with van der Waals surface area (Å²) in [5, 5.41) is 13.7. The summed E-state index contributed by atoms with van der Waals surface area (Å²) >= 11 is 6.10. The van der Waals surface area contributed by atoms with E-state index in [-0.39, 0.29) is 11.6 Å². The highest BCUT2D eigenvalue weighted by molar-refractivity contribution is 6.31. The van der Waals surface area contributed by atoms with Crippen molar-refractivity contribution >= 4 is 17.6 Å². The van der Waals surface area contributed by atoms with Crippen molar-refractivity contribution in [2.45, 2.75) is 39.2 Å². The van der Waals surface area contributed by atoms with Crippen molar-refractivity contribution in [1.29, 1.82) is 0 Å². The average molecular weight is 471 g/mol. The van der Waals surface area contributed by atoms with Crippen LogP contribution < -0.4 is 0 Å². The molecule has 174 valence electrons. The topological polar surface area (TPSA) is 64.4 Å². The Balaban J connectivity index is 1.58. The number of aromatic nitrogens is 2. The SMILES string of the molecule is Cc1nn(C[C@H]2CC[C@@H](COCC(=O)O)CC2)c(-c2ccccc2)c1-c1cccc(Cl)c1F. The Kier molecular flexibility index (Phi) is 7.46. The molecular weight excluding hydrogens is 443 g/mol. The van der Waals surface area contributed by atoms with E-state index in [1.807, 2.05) is 41.9 Å². The molecule has 1 heterocycles. The van der Waals surface area contributed by atoms with E-state index in [0.29, 0.717) is 24.0 Å². The van der Waals surface area contributed by atoms with Crippen molar-refractivity contribution in [3.05, 3.63) is 65.1 Å². The van der Waals surface area contributed by atoms with Crippen molar-refractivity contribution in [2.75, 3.05) is 13.2 Å². The van der Waals surface area contributed by atoms with Gasteiger partial charge in [-0.15, -0.1) is 0 Å². The monoisotopic (exact) mass is 470 g/mol. The molecule has 0 amide bonds. The predicted octanol–water partition coefficient (Wildman–Crippen LogP) is 6.23. The number of ether oxygens (including phenoxy) is 1. The van der Waals surface area contributed by atoms with Crippen LogP contribution >= 0.6 is 11.6 Å². The van der Waals surface area contributed by atoms with Crippen LogP contribution in [0.15, 0.2) is 48.5 Å². The van der Waals surface area contributed by atoms with Crippen LogP contribution in [0.2, 0.25) is 5.02 Å². The molecule has 1 aliphatic rings. The molecule has 0 aliphatic heterocycles. The molecule has 0 saturated heterocycles. The molecule has 0 bridgehead atoms. The van der Waals surface area contributed by atoms with Crippen LogP contribution in [0.4, 0.5) is 4.39 Å². The van der Waals surface area contributed by atoms with Crippen molar-refractivity contribution in [1.82, 2.24) is 9.78 Å². The van der Waals surface area contributed by atoms with Crippen molar-refractivity contribution in [3.8, 4) is 22.4 Å². The van der Waals surface area contributed by atoms with Gasteiger partial charge in [0.2, 0.25) is 0 Å². The summed E-state index contributed by atoms with van der Waals surface area (Å²) in [5.41, 5.74) is 3.90. The molecule has 0 unspecified atom stereocenters. The molecule has 1 aliphatic carbocycles. The molecule has 0 spiro atoms. The van der Waals surface area contributed by atoms with Gasteiger partial charge >= 0.3 is 5.97 Å². The number of carbonyl (C=O) groups is 1. The zero-order valence-corrected chi connectivity index (χ0v) is 19.4. The van der Waals surface area contributed by atoms with Crippen LogP contribution in [-0.4, -0.2) is 34.1 Å². The summed E-state index contributed by atoms with van der Waals surface area (Å²) in [4.78, 5) is 10.7. The first-order valence-corrected chi connectivity index (χ1v) is 11.7. The summed E-state index contributed by atoms with van der Waals surface area (Å²) < 4.78 is 22.3. The Labute approximate surface area is 198 Å². The number of benzene rings is 2. The number of hydrogen-bond acceptors (Lipinski definition) is 3. The maximum Gasteiger partial charge on any atom is 0.329 e. The van der Waals surface area contributed by atoms with Crippen molar-refractivity contribution in [2.24, 2.45) is 11.8 Å². The van der Waals surface area contributed by atoms with Crippen LogP contribution in [-0.2, 0) is 16.1 Å². The lowest BCUT2D eigenvalue weighted by atomic mass is 9.82. The molecular formula is C26H28ClFN2O3. The minimum Gasteiger partial charge on any atom is -0.480 e. The van der Waals surface area contributed by atoms with Crippen LogP contribution in [0.1, 0.15) is 31.4 Å². The lowest BCUT2D eigenvalue weighted by molar-refractivity contribution is -0.142. The van der Waals surface area contributed by atoms with E-state index < -0.39 is 11.8 Å². The first-order chi connectivity index (χ1) is 15.9. The molecule has 1 aromatic heterocycles. The van der Waals surface area contributed by atoms with Crippen LogP contribution in [0.3, 0.4) is 0 Å². The highest BCUT2D eigenvalue weighted by atomic mass is 35.5. The van der Waals surface area contributed by atoms with Crippen LogP contribution in [0.5, 0.6) is 0 Å². The number of aryl methyl sites for hydroxylation is 1. The fourth-order valence-corrected chi connectivity index (χ4v) is 4.94. The molecule has 4 rings (SSSR count).